The average molecular weight is 433 g/mol. The van der Waals surface area contributed by atoms with Crippen LogP contribution in [0.25, 0.3) is 0 Å². The Morgan fingerprint density at radius 2 is 1.87 bits per heavy atom. The van der Waals surface area contributed by atoms with E-state index in [1.165, 1.54) is 25.7 Å². The van der Waals surface area contributed by atoms with Crippen LogP contribution in [-0.2, 0) is 9.59 Å². The lowest BCUT2D eigenvalue weighted by atomic mass is 9.99. The molecule has 0 bridgehead atoms. The fourth-order valence-electron chi connectivity index (χ4n) is 5.06. The molecule has 7 heteroatoms. The molecule has 1 aromatic carbocycles. The Bertz CT molecular complexity index is 744. The summed E-state index contributed by atoms with van der Waals surface area (Å²) in [6.07, 6.45) is 9.26. The summed E-state index contributed by atoms with van der Waals surface area (Å²) in [5, 5.41) is 3.89. The lowest BCUT2D eigenvalue weighted by Gasteiger charge is -2.33. The summed E-state index contributed by atoms with van der Waals surface area (Å²) < 4.78 is 0. The number of carbonyl (C=O) groups is 2. The van der Waals surface area contributed by atoms with Crippen molar-refractivity contribution < 1.29 is 9.59 Å². The van der Waals surface area contributed by atoms with E-state index in [-0.39, 0.29) is 29.9 Å². The van der Waals surface area contributed by atoms with Crippen molar-refractivity contribution in [2.75, 3.05) is 13.1 Å². The van der Waals surface area contributed by atoms with Gasteiger partial charge in [0.2, 0.25) is 11.8 Å². The maximum Gasteiger partial charge on any atom is 0.241 e. The molecular weight excluding hydrogens is 400 g/mol. The fraction of sp³-hybridized carbons (Fsp3) is 0.652. The van der Waals surface area contributed by atoms with E-state index in [9.17, 15) is 9.59 Å². The highest BCUT2D eigenvalue weighted by molar-refractivity contribution is 6.30. The molecule has 2 unspecified atom stereocenters. The minimum absolute atomic E-state index is 0.0781. The van der Waals surface area contributed by atoms with E-state index >= 15 is 0 Å². The minimum Gasteiger partial charge on any atom is -0.353 e. The number of nitrogens with zero attached hydrogens (tertiary/aromatic N) is 1. The van der Waals surface area contributed by atoms with Crippen LogP contribution in [0, 0.1) is 5.92 Å². The standard InChI is InChI=1S/C23H33ClN4O2/c24-18-7-3-6-17(14-18)20-15-21(27-26-20)23(30)28-12-10-19(11-13-28)25-22(29)9-8-16-4-1-2-5-16/h3,6-7,14,16,19-21,26-27H,1-2,4-5,8-13,15H2,(H,25,29). The smallest absolute Gasteiger partial charge is 0.241 e. The Balaban J connectivity index is 1.18. The van der Waals surface area contributed by atoms with Crippen LogP contribution in [0.4, 0.5) is 0 Å². The highest BCUT2D eigenvalue weighted by atomic mass is 35.5. The monoisotopic (exact) mass is 432 g/mol. The van der Waals surface area contributed by atoms with Gasteiger partial charge < -0.3 is 10.2 Å². The summed E-state index contributed by atoms with van der Waals surface area (Å²) in [7, 11) is 0. The van der Waals surface area contributed by atoms with Crippen molar-refractivity contribution in [3.63, 3.8) is 0 Å². The first kappa shape index (κ1) is 21.6. The highest BCUT2D eigenvalue weighted by Gasteiger charge is 2.34. The van der Waals surface area contributed by atoms with E-state index in [1.54, 1.807) is 0 Å². The summed E-state index contributed by atoms with van der Waals surface area (Å²) in [5.74, 6) is 1.06. The van der Waals surface area contributed by atoms with Crippen molar-refractivity contribution in [1.29, 1.82) is 0 Å². The number of nitrogens with one attached hydrogen (secondary N) is 3. The topological polar surface area (TPSA) is 73.5 Å². The second-order valence-corrected chi connectivity index (χ2v) is 9.48. The molecule has 0 radical (unpaired) electrons. The summed E-state index contributed by atoms with van der Waals surface area (Å²) in [5.41, 5.74) is 7.47. The van der Waals surface area contributed by atoms with Gasteiger partial charge in [-0.3, -0.25) is 9.59 Å². The van der Waals surface area contributed by atoms with Gasteiger partial charge in [0.1, 0.15) is 6.04 Å². The van der Waals surface area contributed by atoms with E-state index in [0.29, 0.717) is 31.0 Å². The normalized spacial score (nSPS) is 25.6. The molecule has 1 saturated carbocycles. The van der Waals surface area contributed by atoms with Gasteiger partial charge in [-0.1, -0.05) is 49.4 Å². The van der Waals surface area contributed by atoms with Gasteiger partial charge >= 0.3 is 0 Å². The van der Waals surface area contributed by atoms with E-state index in [1.807, 2.05) is 29.2 Å². The first-order chi connectivity index (χ1) is 14.6. The number of amides is 2. The number of halogens is 1. The third kappa shape index (κ3) is 5.54. The molecule has 6 nitrogen and oxygen atoms in total. The van der Waals surface area contributed by atoms with Crippen molar-refractivity contribution in [3.05, 3.63) is 34.9 Å². The zero-order valence-electron chi connectivity index (χ0n) is 17.5. The average Bonchev–Trinajstić information content (AvgIpc) is 3.45. The van der Waals surface area contributed by atoms with Gasteiger partial charge in [-0.05, 0) is 49.3 Å². The van der Waals surface area contributed by atoms with Gasteiger partial charge in [0.15, 0.2) is 0 Å². The third-order valence-corrected chi connectivity index (χ3v) is 7.11. The first-order valence-electron chi connectivity index (χ1n) is 11.4. The summed E-state index contributed by atoms with van der Waals surface area (Å²) in [6, 6.07) is 7.79. The van der Waals surface area contributed by atoms with Crippen LogP contribution in [0.1, 0.15) is 69.4 Å². The number of likely N-dealkylation sites (tertiary alicyclic amines) is 1. The van der Waals surface area contributed by atoms with Crippen LogP contribution >= 0.6 is 11.6 Å². The number of hydrazine groups is 1. The fourth-order valence-corrected chi connectivity index (χ4v) is 5.26. The molecule has 0 aromatic heterocycles. The zero-order chi connectivity index (χ0) is 20.9. The van der Waals surface area contributed by atoms with E-state index in [4.69, 9.17) is 11.6 Å². The molecule has 3 N–H and O–H groups in total. The largest absolute Gasteiger partial charge is 0.353 e. The van der Waals surface area contributed by atoms with Crippen molar-refractivity contribution in [3.8, 4) is 0 Å². The number of carbonyl (C=O) groups excluding carboxylic acids is 2. The van der Waals surface area contributed by atoms with Crippen LogP contribution in [0.3, 0.4) is 0 Å². The molecule has 0 spiro atoms. The Morgan fingerprint density at radius 1 is 1.10 bits per heavy atom. The molecule has 2 atom stereocenters. The lowest BCUT2D eigenvalue weighted by Crippen LogP contribution is -2.51. The van der Waals surface area contributed by atoms with Crippen LogP contribution in [0.2, 0.25) is 5.02 Å². The molecule has 2 heterocycles. The molecule has 1 aliphatic carbocycles. The maximum atomic E-state index is 12.9. The van der Waals surface area contributed by atoms with E-state index in [0.717, 1.165) is 30.7 Å². The molecule has 2 aliphatic heterocycles. The second kappa shape index (κ2) is 10.1. The first-order valence-corrected chi connectivity index (χ1v) is 11.8. The highest BCUT2D eigenvalue weighted by Crippen LogP contribution is 2.29. The minimum atomic E-state index is -0.230. The van der Waals surface area contributed by atoms with E-state index in [2.05, 4.69) is 16.2 Å². The Labute approximate surface area is 184 Å². The molecule has 4 rings (SSSR count). The Morgan fingerprint density at radius 3 is 2.60 bits per heavy atom. The summed E-state index contributed by atoms with van der Waals surface area (Å²) in [6.45, 7) is 1.40. The predicted molar refractivity (Wildman–Crippen MR) is 118 cm³/mol. The number of benzene rings is 1. The van der Waals surface area contributed by atoms with Gasteiger partial charge in [0, 0.05) is 36.6 Å². The second-order valence-electron chi connectivity index (χ2n) is 9.04. The van der Waals surface area contributed by atoms with Gasteiger partial charge in [-0.2, -0.15) is 0 Å². The molecule has 2 saturated heterocycles. The van der Waals surface area contributed by atoms with Crippen molar-refractivity contribution in [2.45, 2.75) is 75.9 Å². The number of hydrogen-bond acceptors (Lipinski definition) is 4. The zero-order valence-corrected chi connectivity index (χ0v) is 18.3. The van der Waals surface area contributed by atoms with E-state index < -0.39 is 0 Å². The lowest BCUT2D eigenvalue weighted by molar-refractivity contribution is -0.134. The molecule has 164 valence electrons. The molecule has 2 amide bonds. The molecule has 3 aliphatic rings. The van der Waals surface area contributed by atoms with Gasteiger partial charge in [-0.15, -0.1) is 0 Å². The van der Waals surface area contributed by atoms with Crippen molar-refractivity contribution >= 4 is 23.4 Å². The van der Waals surface area contributed by atoms with Crippen LogP contribution in [0.15, 0.2) is 24.3 Å². The maximum absolute atomic E-state index is 12.9. The molecule has 30 heavy (non-hydrogen) atoms. The van der Waals surface area contributed by atoms with Gasteiger partial charge in [0.05, 0.1) is 0 Å². The van der Waals surface area contributed by atoms with Crippen LogP contribution in [-0.4, -0.2) is 41.9 Å². The Hall–Kier alpha value is -1.63. The Kier molecular flexibility index (Phi) is 7.28. The third-order valence-electron chi connectivity index (χ3n) is 6.88. The molecule has 1 aromatic rings. The van der Waals surface area contributed by atoms with Crippen LogP contribution in [0.5, 0.6) is 0 Å². The quantitative estimate of drug-likeness (QED) is 0.644. The number of rotatable bonds is 6. The SMILES string of the molecule is O=C(CCC1CCCC1)NC1CCN(C(=O)C2CC(c3cccc(Cl)c3)NN2)CC1. The van der Waals surface area contributed by atoms with Gasteiger partial charge in [0.25, 0.3) is 0 Å². The predicted octanol–water partition coefficient (Wildman–Crippen LogP) is 3.33. The summed E-state index contributed by atoms with van der Waals surface area (Å²) in [4.78, 5) is 27.1. The number of piperidine rings is 1. The van der Waals surface area contributed by atoms with Crippen LogP contribution < -0.4 is 16.2 Å². The van der Waals surface area contributed by atoms with Crippen molar-refractivity contribution in [1.82, 2.24) is 21.1 Å². The van der Waals surface area contributed by atoms with Crippen molar-refractivity contribution in [2.24, 2.45) is 5.92 Å². The van der Waals surface area contributed by atoms with Gasteiger partial charge in [-0.25, -0.2) is 10.9 Å². The summed E-state index contributed by atoms with van der Waals surface area (Å²) >= 11 is 6.09. The molecular formula is C23H33ClN4O2. The molecule has 3 fully saturated rings. The number of hydrogen-bond donors (Lipinski definition) is 3.